The van der Waals surface area contributed by atoms with Crippen LogP contribution in [0.1, 0.15) is 46.5 Å². The topological polar surface area (TPSA) is 49.7 Å². The van der Waals surface area contributed by atoms with Crippen molar-refractivity contribution in [3.63, 3.8) is 0 Å². The smallest absolute Gasteiger partial charge is 0.151 e. The van der Waals surface area contributed by atoms with Crippen LogP contribution in [0.2, 0.25) is 0 Å². The molecule has 0 fully saturated rings. The predicted molar refractivity (Wildman–Crippen MR) is 56.9 cm³/mol. The molecular formula is C11H24O3. The van der Waals surface area contributed by atoms with Crippen LogP contribution < -0.4 is 0 Å². The fourth-order valence-electron chi connectivity index (χ4n) is 1.46. The number of hydrogen-bond acceptors (Lipinski definition) is 3. The first-order valence-electron chi connectivity index (χ1n) is 5.28. The molecule has 1 unspecified atom stereocenters. The van der Waals surface area contributed by atoms with E-state index >= 15 is 0 Å². The van der Waals surface area contributed by atoms with Gasteiger partial charge in [0.2, 0.25) is 0 Å². The Bertz CT molecular complexity index is 143. The Morgan fingerprint density at radius 1 is 1.29 bits per heavy atom. The van der Waals surface area contributed by atoms with Gasteiger partial charge in [-0.25, -0.2) is 0 Å². The zero-order valence-electron chi connectivity index (χ0n) is 9.79. The van der Waals surface area contributed by atoms with E-state index in [-0.39, 0.29) is 5.60 Å². The fraction of sp³-hybridized carbons (Fsp3) is 1.00. The maximum atomic E-state index is 8.76. The Labute approximate surface area is 87.1 Å². The molecule has 0 aliphatic rings. The quantitative estimate of drug-likeness (QED) is 0.623. The molecule has 0 aliphatic heterocycles. The maximum absolute atomic E-state index is 8.76. The summed E-state index contributed by atoms with van der Waals surface area (Å²) in [4.78, 5) is 0. The minimum Gasteiger partial charge on any atom is -0.379 e. The molecule has 2 N–H and O–H groups in total. The van der Waals surface area contributed by atoms with E-state index in [0.29, 0.717) is 12.3 Å². The Balaban J connectivity index is 3.53. The van der Waals surface area contributed by atoms with E-state index in [1.165, 1.54) is 0 Å². The average Bonchev–Trinajstić information content (AvgIpc) is 2.02. The molecular weight excluding hydrogens is 180 g/mol. The van der Waals surface area contributed by atoms with Crippen LogP contribution in [-0.4, -0.2) is 29.2 Å². The SMILES string of the molecule is COC(C)(C)CCCC(C)CC(O)O. The molecule has 86 valence electrons. The standard InChI is InChI=1S/C11H24O3/c1-9(8-10(12)13)6-5-7-11(2,3)14-4/h9-10,12-13H,5-8H2,1-4H3. The number of aliphatic hydroxyl groups is 2. The molecule has 3 nitrogen and oxygen atoms in total. The van der Waals surface area contributed by atoms with Gasteiger partial charge in [-0.3, -0.25) is 0 Å². The van der Waals surface area contributed by atoms with E-state index in [2.05, 4.69) is 13.8 Å². The molecule has 0 saturated carbocycles. The van der Waals surface area contributed by atoms with Crippen LogP contribution in [-0.2, 0) is 4.74 Å². The summed E-state index contributed by atoms with van der Waals surface area (Å²) < 4.78 is 5.30. The van der Waals surface area contributed by atoms with Crippen LogP contribution in [0.3, 0.4) is 0 Å². The number of aliphatic hydroxyl groups excluding tert-OH is 1. The molecule has 0 rings (SSSR count). The molecule has 0 aromatic heterocycles. The predicted octanol–water partition coefficient (Wildman–Crippen LogP) is 1.92. The molecule has 0 aromatic carbocycles. The van der Waals surface area contributed by atoms with Gasteiger partial charge >= 0.3 is 0 Å². The molecule has 14 heavy (non-hydrogen) atoms. The highest BCUT2D eigenvalue weighted by molar-refractivity contribution is 4.68. The monoisotopic (exact) mass is 204 g/mol. The molecule has 0 aliphatic carbocycles. The van der Waals surface area contributed by atoms with Crippen molar-refractivity contribution in [3.05, 3.63) is 0 Å². The van der Waals surface area contributed by atoms with Crippen LogP contribution in [0.4, 0.5) is 0 Å². The third-order valence-corrected chi connectivity index (χ3v) is 2.64. The fourth-order valence-corrected chi connectivity index (χ4v) is 1.46. The summed E-state index contributed by atoms with van der Waals surface area (Å²) in [6, 6.07) is 0. The van der Waals surface area contributed by atoms with Gasteiger partial charge in [-0.05, 0) is 26.2 Å². The van der Waals surface area contributed by atoms with Crippen molar-refractivity contribution in [1.82, 2.24) is 0 Å². The van der Waals surface area contributed by atoms with E-state index in [9.17, 15) is 0 Å². The molecule has 3 heteroatoms. The molecule has 1 atom stereocenters. The van der Waals surface area contributed by atoms with E-state index in [1.54, 1.807) is 7.11 Å². The van der Waals surface area contributed by atoms with Crippen molar-refractivity contribution in [2.24, 2.45) is 5.92 Å². The summed E-state index contributed by atoms with van der Waals surface area (Å²) in [5.41, 5.74) is -0.0580. The van der Waals surface area contributed by atoms with Crippen molar-refractivity contribution >= 4 is 0 Å². The van der Waals surface area contributed by atoms with Gasteiger partial charge in [-0.15, -0.1) is 0 Å². The van der Waals surface area contributed by atoms with Gasteiger partial charge in [0.15, 0.2) is 6.29 Å². The molecule has 0 spiro atoms. The van der Waals surface area contributed by atoms with E-state index in [4.69, 9.17) is 14.9 Å². The minimum atomic E-state index is -1.17. The summed E-state index contributed by atoms with van der Waals surface area (Å²) in [6.45, 7) is 6.18. The van der Waals surface area contributed by atoms with Gasteiger partial charge in [0.05, 0.1) is 5.60 Å². The lowest BCUT2D eigenvalue weighted by molar-refractivity contribution is -0.0557. The average molecular weight is 204 g/mol. The third-order valence-electron chi connectivity index (χ3n) is 2.64. The van der Waals surface area contributed by atoms with Crippen LogP contribution in [0.15, 0.2) is 0 Å². The second-order valence-corrected chi connectivity index (χ2v) is 4.68. The Hall–Kier alpha value is -0.120. The van der Waals surface area contributed by atoms with Crippen molar-refractivity contribution < 1.29 is 14.9 Å². The summed E-state index contributed by atoms with van der Waals surface area (Å²) >= 11 is 0. The summed E-state index contributed by atoms with van der Waals surface area (Å²) in [5, 5.41) is 17.5. The van der Waals surface area contributed by atoms with Crippen molar-refractivity contribution in [2.75, 3.05) is 7.11 Å². The lowest BCUT2D eigenvalue weighted by Gasteiger charge is -2.23. The Morgan fingerprint density at radius 2 is 1.86 bits per heavy atom. The molecule has 0 radical (unpaired) electrons. The van der Waals surface area contributed by atoms with Crippen molar-refractivity contribution in [3.8, 4) is 0 Å². The highest BCUT2D eigenvalue weighted by atomic mass is 16.5. The van der Waals surface area contributed by atoms with Gasteiger partial charge in [-0.1, -0.05) is 19.8 Å². The van der Waals surface area contributed by atoms with E-state index in [0.717, 1.165) is 19.3 Å². The third kappa shape index (κ3) is 7.30. The lowest BCUT2D eigenvalue weighted by atomic mass is 9.95. The van der Waals surface area contributed by atoms with Gasteiger partial charge in [0.1, 0.15) is 0 Å². The molecule has 0 aromatic rings. The minimum absolute atomic E-state index is 0.0580. The first kappa shape index (κ1) is 13.9. The first-order valence-corrected chi connectivity index (χ1v) is 5.28. The Kier molecular flexibility index (Phi) is 6.33. The van der Waals surface area contributed by atoms with Crippen molar-refractivity contribution in [2.45, 2.75) is 58.3 Å². The highest BCUT2D eigenvalue weighted by Crippen LogP contribution is 2.20. The second kappa shape index (κ2) is 6.38. The molecule has 0 bridgehead atoms. The number of ether oxygens (including phenoxy) is 1. The van der Waals surface area contributed by atoms with Crippen LogP contribution in [0.5, 0.6) is 0 Å². The zero-order chi connectivity index (χ0) is 11.2. The second-order valence-electron chi connectivity index (χ2n) is 4.68. The normalized spacial score (nSPS) is 14.8. The first-order chi connectivity index (χ1) is 6.37. The summed E-state index contributed by atoms with van der Waals surface area (Å²) in [5.74, 6) is 0.364. The van der Waals surface area contributed by atoms with Gasteiger partial charge in [-0.2, -0.15) is 0 Å². The summed E-state index contributed by atoms with van der Waals surface area (Å²) in [7, 11) is 1.72. The van der Waals surface area contributed by atoms with Gasteiger partial charge in [0, 0.05) is 13.5 Å². The van der Waals surface area contributed by atoms with E-state index < -0.39 is 6.29 Å². The van der Waals surface area contributed by atoms with Crippen LogP contribution >= 0.6 is 0 Å². The van der Waals surface area contributed by atoms with Crippen LogP contribution in [0.25, 0.3) is 0 Å². The number of rotatable bonds is 7. The van der Waals surface area contributed by atoms with E-state index in [1.807, 2.05) is 6.92 Å². The van der Waals surface area contributed by atoms with Gasteiger partial charge in [0.25, 0.3) is 0 Å². The molecule has 0 heterocycles. The molecule has 0 saturated heterocycles. The Morgan fingerprint density at radius 3 is 2.29 bits per heavy atom. The highest BCUT2D eigenvalue weighted by Gasteiger charge is 2.16. The zero-order valence-corrected chi connectivity index (χ0v) is 9.79. The molecule has 0 amide bonds. The van der Waals surface area contributed by atoms with Crippen molar-refractivity contribution in [1.29, 1.82) is 0 Å². The number of methoxy groups -OCH3 is 1. The van der Waals surface area contributed by atoms with Crippen LogP contribution in [0, 0.1) is 5.92 Å². The lowest BCUT2D eigenvalue weighted by Crippen LogP contribution is -2.22. The largest absolute Gasteiger partial charge is 0.379 e. The van der Waals surface area contributed by atoms with Gasteiger partial charge < -0.3 is 14.9 Å². The number of hydrogen-bond donors (Lipinski definition) is 2. The summed E-state index contributed by atoms with van der Waals surface area (Å²) in [6.07, 6.45) is 2.39. The maximum Gasteiger partial charge on any atom is 0.151 e.